The molecule has 78 valence electrons. The zero-order valence-corrected chi connectivity index (χ0v) is 8.57. The highest BCUT2D eigenvalue weighted by molar-refractivity contribution is 5.88. The highest BCUT2D eigenvalue weighted by Crippen LogP contribution is 2.09. The van der Waals surface area contributed by atoms with Crippen LogP contribution in [0.15, 0.2) is 6.07 Å². The Morgan fingerprint density at radius 2 is 2.21 bits per heavy atom. The van der Waals surface area contributed by atoms with Crippen LogP contribution in [0.2, 0.25) is 0 Å². The fraction of sp³-hybridized carbons (Fsp3) is 0.556. The molecule has 0 aromatic carbocycles. The van der Waals surface area contributed by atoms with Crippen LogP contribution in [0.1, 0.15) is 31.3 Å². The average Bonchev–Trinajstić information content (AvgIpc) is 2.51. The van der Waals surface area contributed by atoms with E-state index >= 15 is 0 Å². The van der Waals surface area contributed by atoms with Gasteiger partial charge in [0.05, 0.1) is 0 Å². The second kappa shape index (κ2) is 4.13. The first-order valence-corrected chi connectivity index (χ1v) is 4.52. The first-order valence-electron chi connectivity index (χ1n) is 4.52. The van der Waals surface area contributed by atoms with E-state index in [0.29, 0.717) is 5.92 Å². The van der Waals surface area contributed by atoms with Crippen molar-refractivity contribution in [3.05, 3.63) is 11.8 Å². The minimum atomic E-state index is -0.421. The standard InChI is InChI=1S/C9H15N3O2/c1-5(2)6(3)14-9(13)7-4-8(10)12-11-7/h4-6H,1-3H3,(H3,10,11,12). The highest BCUT2D eigenvalue weighted by Gasteiger charge is 2.16. The summed E-state index contributed by atoms with van der Waals surface area (Å²) in [5, 5.41) is 6.14. The van der Waals surface area contributed by atoms with Crippen LogP contribution >= 0.6 is 0 Å². The van der Waals surface area contributed by atoms with Crippen molar-refractivity contribution < 1.29 is 9.53 Å². The number of nitrogens with zero attached hydrogens (tertiary/aromatic N) is 1. The molecule has 0 amide bonds. The van der Waals surface area contributed by atoms with Gasteiger partial charge in [-0.15, -0.1) is 0 Å². The van der Waals surface area contributed by atoms with Crippen LogP contribution in [-0.4, -0.2) is 22.3 Å². The lowest BCUT2D eigenvalue weighted by atomic mass is 10.1. The number of anilines is 1. The minimum Gasteiger partial charge on any atom is -0.458 e. The third-order valence-corrected chi connectivity index (χ3v) is 2.05. The molecule has 1 atom stereocenters. The summed E-state index contributed by atoms with van der Waals surface area (Å²) in [5.74, 6) is 0.156. The third-order valence-electron chi connectivity index (χ3n) is 2.05. The van der Waals surface area contributed by atoms with Crippen LogP contribution in [0.4, 0.5) is 5.82 Å². The normalized spacial score (nSPS) is 12.9. The molecule has 14 heavy (non-hydrogen) atoms. The first-order chi connectivity index (χ1) is 6.50. The topological polar surface area (TPSA) is 81.0 Å². The van der Waals surface area contributed by atoms with Crippen molar-refractivity contribution in [1.82, 2.24) is 10.2 Å². The molecular weight excluding hydrogens is 182 g/mol. The van der Waals surface area contributed by atoms with Gasteiger partial charge in [-0.3, -0.25) is 5.10 Å². The van der Waals surface area contributed by atoms with E-state index in [0.717, 1.165) is 0 Å². The Hall–Kier alpha value is -1.52. The maximum absolute atomic E-state index is 11.4. The van der Waals surface area contributed by atoms with Crippen LogP contribution in [-0.2, 0) is 4.74 Å². The molecule has 0 saturated carbocycles. The summed E-state index contributed by atoms with van der Waals surface area (Å²) in [4.78, 5) is 11.4. The molecule has 0 aliphatic heterocycles. The average molecular weight is 197 g/mol. The lowest BCUT2D eigenvalue weighted by molar-refractivity contribution is 0.0231. The van der Waals surface area contributed by atoms with E-state index in [4.69, 9.17) is 10.5 Å². The van der Waals surface area contributed by atoms with Crippen molar-refractivity contribution in [2.24, 2.45) is 5.92 Å². The molecule has 1 rings (SSSR count). The summed E-state index contributed by atoms with van der Waals surface area (Å²) in [6.07, 6.45) is -0.118. The quantitative estimate of drug-likeness (QED) is 0.713. The number of nitrogen functional groups attached to an aromatic ring is 1. The number of nitrogens with one attached hydrogen (secondary N) is 1. The Labute approximate surface area is 82.6 Å². The Morgan fingerprint density at radius 3 is 2.64 bits per heavy atom. The van der Waals surface area contributed by atoms with E-state index in [2.05, 4.69) is 10.2 Å². The maximum atomic E-state index is 11.4. The molecule has 0 aliphatic carbocycles. The van der Waals surface area contributed by atoms with Gasteiger partial charge in [-0.25, -0.2) is 4.79 Å². The monoisotopic (exact) mass is 197 g/mol. The Bertz CT molecular complexity index is 320. The van der Waals surface area contributed by atoms with Gasteiger partial charge in [-0.1, -0.05) is 13.8 Å². The minimum absolute atomic E-state index is 0.118. The van der Waals surface area contributed by atoms with E-state index in [1.807, 2.05) is 20.8 Å². The summed E-state index contributed by atoms with van der Waals surface area (Å²) in [7, 11) is 0. The molecule has 5 nitrogen and oxygen atoms in total. The van der Waals surface area contributed by atoms with E-state index in [-0.39, 0.29) is 17.6 Å². The molecule has 1 heterocycles. The summed E-state index contributed by atoms with van der Waals surface area (Å²) >= 11 is 0. The smallest absolute Gasteiger partial charge is 0.356 e. The second-order valence-electron chi connectivity index (χ2n) is 3.56. The number of ether oxygens (including phenoxy) is 1. The number of H-pyrrole nitrogens is 1. The van der Waals surface area contributed by atoms with Gasteiger partial charge in [0.15, 0.2) is 0 Å². The van der Waals surface area contributed by atoms with Crippen LogP contribution in [0.25, 0.3) is 0 Å². The zero-order valence-electron chi connectivity index (χ0n) is 8.57. The fourth-order valence-corrected chi connectivity index (χ4v) is 0.810. The van der Waals surface area contributed by atoms with Gasteiger partial charge < -0.3 is 10.5 Å². The Morgan fingerprint density at radius 1 is 1.57 bits per heavy atom. The number of aromatic amines is 1. The first kappa shape index (κ1) is 10.6. The summed E-state index contributed by atoms with van der Waals surface area (Å²) in [6.45, 7) is 5.82. The number of esters is 1. The zero-order chi connectivity index (χ0) is 10.7. The number of hydrogen-bond acceptors (Lipinski definition) is 4. The lowest BCUT2D eigenvalue weighted by Crippen LogP contribution is -2.20. The van der Waals surface area contributed by atoms with E-state index in [1.54, 1.807) is 0 Å². The molecular formula is C9H15N3O2. The second-order valence-corrected chi connectivity index (χ2v) is 3.56. The molecule has 0 radical (unpaired) electrons. The summed E-state index contributed by atoms with van der Waals surface area (Å²) in [6, 6.07) is 1.45. The van der Waals surface area contributed by atoms with Crippen molar-refractivity contribution in [2.75, 3.05) is 5.73 Å². The predicted molar refractivity (Wildman–Crippen MR) is 52.7 cm³/mol. The van der Waals surface area contributed by atoms with Gasteiger partial charge in [-0.05, 0) is 12.8 Å². The largest absolute Gasteiger partial charge is 0.458 e. The molecule has 1 aromatic rings. The Balaban J connectivity index is 2.59. The fourth-order valence-electron chi connectivity index (χ4n) is 0.810. The molecule has 1 unspecified atom stereocenters. The van der Waals surface area contributed by atoms with Crippen LogP contribution in [0, 0.1) is 5.92 Å². The molecule has 0 spiro atoms. The number of nitrogens with two attached hydrogens (primary N) is 1. The number of aromatic nitrogens is 2. The molecule has 0 fully saturated rings. The number of carbonyl (C=O) groups excluding carboxylic acids is 1. The van der Waals surface area contributed by atoms with Gasteiger partial charge in [0.25, 0.3) is 0 Å². The number of carbonyl (C=O) groups is 1. The molecule has 1 aromatic heterocycles. The predicted octanol–water partition coefficient (Wildman–Crippen LogP) is 1.19. The van der Waals surface area contributed by atoms with E-state index in [9.17, 15) is 4.79 Å². The lowest BCUT2D eigenvalue weighted by Gasteiger charge is -2.15. The Kier molecular flexibility index (Phi) is 3.11. The van der Waals surface area contributed by atoms with Crippen LogP contribution in [0.5, 0.6) is 0 Å². The van der Waals surface area contributed by atoms with Gasteiger partial charge in [0.2, 0.25) is 0 Å². The van der Waals surface area contributed by atoms with Crippen molar-refractivity contribution in [1.29, 1.82) is 0 Å². The van der Waals surface area contributed by atoms with Crippen molar-refractivity contribution >= 4 is 11.8 Å². The van der Waals surface area contributed by atoms with Gasteiger partial charge in [0.1, 0.15) is 17.6 Å². The third kappa shape index (κ3) is 2.48. The van der Waals surface area contributed by atoms with Gasteiger partial charge in [-0.2, -0.15) is 5.10 Å². The molecule has 3 N–H and O–H groups in total. The van der Waals surface area contributed by atoms with E-state index in [1.165, 1.54) is 6.07 Å². The van der Waals surface area contributed by atoms with Crippen LogP contribution in [0.3, 0.4) is 0 Å². The summed E-state index contributed by atoms with van der Waals surface area (Å²) < 4.78 is 5.15. The molecule has 0 aliphatic rings. The van der Waals surface area contributed by atoms with Gasteiger partial charge >= 0.3 is 5.97 Å². The van der Waals surface area contributed by atoms with E-state index < -0.39 is 5.97 Å². The van der Waals surface area contributed by atoms with Gasteiger partial charge in [0, 0.05) is 6.07 Å². The maximum Gasteiger partial charge on any atom is 0.356 e. The number of rotatable bonds is 3. The molecule has 5 heteroatoms. The number of hydrogen-bond donors (Lipinski definition) is 2. The molecule has 0 saturated heterocycles. The molecule has 0 bridgehead atoms. The highest BCUT2D eigenvalue weighted by atomic mass is 16.5. The van der Waals surface area contributed by atoms with Crippen molar-refractivity contribution in [2.45, 2.75) is 26.9 Å². The SMILES string of the molecule is CC(C)C(C)OC(=O)c1cc(N)n[nH]1. The summed E-state index contributed by atoms with van der Waals surface area (Å²) in [5.41, 5.74) is 5.64. The van der Waals surface area contributed by atoms with Crippen molar-refractivity contribution in [3.8, 4) is 0 Å². The van der Waals surface area contributed by atoms with Crippen molar-refractivity contribution in [3.63, 3.8) is 0 Å². The van der Waals surface area contributed by atoms with Crippen LogP contribution < -0.4 is 5.73 Å².